The number of hydrogen-bond acceptors (Lipinski definition) is 4. The maximum absolute atomic E-state index is 11.6. The third-order valence-corrected chi connectivity index (χ3v) is 3.08. The van der Waals surface area contributed by atoms with Crippen LogP contribution in [-0.2, 0) is 22.4 Å². The number of carbonyl (C=O) groups is 1. The van der Waals surface area contributed by atoms with Gasteiger partial charge in [-0.05, 0) is 18.2 Å². The number of benzene rings is 1. The summed E-state index contributed by atoms with van der Waals surface area (Å²) in [6.07, 6.45) is 0.839. The molecule has 102 valence electrons. The van der Waals surface area contributed by atoms with E-state index in [0.717, 1.165) is 29.8 Å². The van der Waals surface area contributed by atoms with Crippen LogP contribution in [0.2, 0.25) is 0 Å². The Labute approximate surface area is 112 Å². The third-order valence-electron chi connectivity index (χ3n) is 3.08. The van der Waals surface area contributed by atoms with Crippen molar-refractivity contribution in [3.05, 3.63) is 29.6 Å². The van der Waals surface area contributed by atoms with Gasteiger partial charge < -0.3 is 14.0 Å². The smallest absolute Gasteiger partial charge is 0.337 e. The largest absolute Gasteiger partial charge is 0.465 e. The van der Waals surface area contributed by atoms with Crippen molar-refractivity contribution < 1.29 is 14.3 Å². The van der Waals surface area contributed by atoms with E-state index < -0.39 is 0 Å². The fraction of sp³-hybridized carbons (Fsp3) is 0.429. The Morgan fingerprint density at radius 3 is 2.79 bits per heavy atom. The number of carbonyl (C=O) groups excluding carboxylic acids is 1. The van der Waals surface area contributed by atoms with Crippen LogP contribution < -0.4 is 0 Å². The van der Waals surface area contributed by atoms with Crippen LogP contribution in [0.3, 0.4) is 0 Å². The number of aromatic nitrogens is 2. The molecule has 0 bridgehead atoms. The second-order valence-electron chi connectivity index (χ2n) is 4.22. The molecule has 0 N–H and O–H groups in total. The summed E-state index contributed by atoms with van der Waals surface area (Å²) in [5.41, 5.74) is 2.37. The zero-order valence-corrected chi connectivity index (χ0v) is 11.5. The molecular formula is C14H18N2O3. The highest BCUT2D eigenvalue weighted by Crippen LogP contribution is 2.19. The molecule has 0 aliphatic rings. The maximum Gasteiger partial charge on any atom is 0.337 e. The van der Waals surface area contributed by atoms with Crippen LogP contribution in [0, 0.1) is 0 Å². The zero-order chi connectivity index (χ0) is 13.8. The molecule has 1 aromatic heterocycles. The van der Waals surface area contributed by atoms with Crippen LogP contribution >= 0.6 is 0 Å². The maximum atomic E-state index is 11.6. The van der Waals surface area contributed by atoms with Crippen molar-refractivity contribution in [3.8, 4) is 0 Å². The second kappa shape index (κ2) is 5.84. The summed E-state index contributed by atoms with van der Waals surface area (Å²) >= 11 is 0. The lowest BCUT2D eigenvalue weighted by Gasteiger charge is -2.07. The number of imidazole rings is 1. The molecule has 0 saturated heterocycles. The molecule has 0 aliphatic carbocycles. The minimum Gasteiger partial charge on any atom is -0.465 e. The highest BCUT2D eigenvalue weighted by Gasteiger charge is 2.12. The van der Waals surface area contributed by atoms with Gasteiger partial charge >= 0.3 is 5.97 Å². The summed E-state index contributed by atoms with van der Waals surface area (Å²) in [5.74, 6) is 0.661. The summed E-state index contributed by atoms with van der Waals surface area (Å²) in [5, 5.41) is 0. The zero-order valence-electron chi connectivity index (χ0n) is 11.5. The summed E-state index contributed by atoms with van der Waals surface area (Å²) in [6, 6.07) is 5.41. The highest BCUT2D eigenvalue weighted by molar-refractivity contribution is 5.93. The fourth-order valence-corrected chi connectivity index (χ4v) is 2.12. The lowest BCUT2D eigenvalue weighted by Crippen LogP contribution is -2.08. The van der Waals surface area contributed by atoms with Gasteiger partial charge in [-0.15, -0.1) is 0 Å². The van der Waals surface area contributed by atoms with E-state index in [1.54, 1.807) is 13.2 Å². The Morgan fingerprint density at radius 2 is 2.16 bits per heavy atom. The third kappa shape index (κ3) is 2.61. The fourth-order valence-electron chi connectivity index (χ4n) is 2.12. The molecule has 1 aromatic carbocycles. The molecular weight excluding hydrogens is 244 g/mol. The van der Waals surface area contributed by atoms with Crippen molar-refractivity contribution in [1.82, 2.24) is 9.55 Å². The first-order chi connectivity index (χ1) is 9.21. The van der Waals surface area contributed by atoms with E-state index in [1.807, 2.05) is 12.1 Å². The van der Waals surface area contributed by atoms with Crippen molar-refractivity contribution in [2.24, 2.45) is 0 Å². The Morgan fingerprint density at radius 1 is 1.37 bits per heavy atom. The van der Waals surface area contributed by atoms with Gasteiger partial charge in [0.1, 0.15) is 5.82 Å². The van der Waals surface area contributed by atoms with Gasteiger partial charge in [-0.3, -0.25) is 0 Å². The number of hydrogen-bond donors (Lipinski definition) is 0. The Kier molecular flexibility index (Phi) is 4.16. The van der Waals surface area contributed by atoms with E-state index >= 15 is 0 Å². The average molecular weight is 262 g/mol. The topological polar surface area (TPSA) is 53.3 Å². The molecule has 0 atom stereocenters. The SMILES string of the molecule is CCc1nc2ccc(C(=O)OC)cc2n1CCOC. The number of esters is 1. The van der Waals surface area contributed by atoms with E-state index in [1.165, 1.54) is 7.11 Å². The molecule has 2 aromatic rings. The van der Waals surface area contributed by atoms with E-state index in [2.05, 4.69) is 16.5 Å². The lowest BCUT2D eigenvalue weighted by atomic mass is 10.2. The molecule has 0 aliphatic heterocycles. The van der Waals surface area contributed by atoms with E-state index in [0.29, 0.717) is 12.2 Å². The highest BCUT2D eigenvalue weighted by atomic mass is 16.5. The van der Waals surface area contributed by atoms with Gasteiger partial charge in [0.25, 0.3) is 0 Å². The van der Waals surface area contributed by atoms with E-state index in [4.69, 9.17) is 9.47 Å². The molecule has 5 heteroatoms. The van der Waals surface area contributed by atoms with Gasteiger partial charge in [0, 0.05) is 20.1 Å². The number of rotatable bonds is 5. The molecule has 19 heavy (non-hydrogen) atoms. The Bertz CT molecular complexity index is 590. The summed E-state index contributed by atoms with van der Waals surface area (Å²) in [4.78, 5) is 16.1. The monoisotopic (exact) mass is 262 g/mol. The first-order valence-electron chi connectivity index (χ1n) is 6.27. The Balaban J connectivity index is 2.51. The minimum atomic E-state index is -0.334. The van der Waals surface area contributed by atoms with Gasteiger partial charge in [-0.2, -0.15) is 0 Å². The number of ether oxygens (including phenoxy) is 2. The molecule has 5 nitrogen and oxygen atoms in total. The van der Waals surface area contributed by atoms with Crippen molar-refractivity contribution >= 4 is 17.0 Å². The number of nitrogens with zero attached hydrogens (tertiary/aromatic N) is 2. The summed E-state index contributed by atoms with van der Waals surface area (Å²) in [6.45, 7) is 3.40. The van der Waals surface area contributed by atoms with Gasteiger partial charge in [0.2, 0.25) is 0 Å². The minimum absolute atomic E-state index is 0.334. The van der Waals surface area contributed by atoms with Gasteiger partial charge in [-0.1, -0.05) is 6.92 Å². The van der Waals surface area contributed by atoms with Crippen LogP contribution in [-0.4, -0.2) is 36.3 Å². The summed E-state index contributed by atoms with van der Waals surface area (Å²) in [7, 11) is 3.05. The van der Waals surface area contributed by atoms with Gasteiger partial charge in [0.15, 0.2) is 0 Å². The van der Waals surface area contributed by atoms with E-state index in [-0.39, 0.29) is 5.97 Å². The number of fused-ring (bicyclic) bond motifs is 1. The van der Waals surface area contributed by atoms with Crippen molar-refractivity contribution in [1.29, 1.82) is 0 Å². The second-order valence-corrected chi connectivity index (χ2v) is 4.22. The van der Waals surface area contributed by atoms with E-state index in [9.17, 15) is 4.79 Å². The van der Waals surface area contributed by atoms with Crippen LogP contribution in [0.15, 0.2) is 18.2 Å². The number of methoxy groups -OCH3 is 2. The predicted octanol–water partition coefficient (Wildman–Crippen LogP) is 2.03. The van der Waals surface area contributed by atoms with Crippen molar-refractivity contribution in [2.45, 2.75) is 19.9 Å². The van der Waals surface area contributed by atoms with Crippen molar-refractivity contribution in [2.75, 3.05) is 20.8 Å². The van der Waals surface area contributed by atoms with Crippen LogP contribution in [0.25, 0.3) is 11.0 Å². The lowest BCUT2D eigenvalue weighted by molar-refractivity contribution is 0.0601. The molecule has 2 rings (SSSR count). The van der Waals surface area contributed by atoms with Crippen molar-refractivity contribution in [3.63, 3.8) is 0 Å². The van der Waals surface area contributed by atoms with Crippen LogP contribution in [0.1, 0.15) is 23.1 Å². The molecule has 0 radical (unpaired) electrons. The normalized spacial score (nSPS) is 10.9. The van der Waals surface area contributed by atoms with Crippen LogP contribution in [0.5, 0.6) is 0 Å². The first kappa shape index (κ1) is 13.5. The van der Waals surface area contributed by atoms with Crippen LogP contribution in [0.4, 0.5) is 0 Å². The molecule has 0 amide bonds. The molecule has 0 spiro atoms. The molecule has 0 unspecified atom stereocenters. The van der Waals surface area contributed by atoms with Gasteiger partial charge in [-0.25, -0.2) is 9.78 Å². The Hall–Kier alpha value is -1.88. The molecule has 0 saturated carbocycles. The molecule has 1 heterocycles. The number of aryl methyl sites for hydroxylation is 1. The predicted molar refractivity (Wildman–Crippen MR) is 72.3 cm³/mol. The quantitative estimate of drug-likeness (QED) is 0.774. The summed E-state index contributed by atoms with van der Waals surface area (Å²) < 4.78 is 12.0. The standard InChI is InChI=1S/C14H18N2O3/c1-4-13-15-11-6-5-10(14(17)19-3)9-12(11)16(13)7-8-18-2/h5-6,9H,4,7-8H2,1-3H3. The van der Waals surface area contributed by atoms with Gasteiger partial charge in [0.05, 0.1) is 30.3 Å². The average Bonchev–Trinajstić information content (AvgIpc) is 2.80. The molecule has 0 fully saturated rings. The first-order valence-corrected chi connectivity index (χ1v) is 6.27.